The smallest absolute Gasteiger partial charge is 0.283 e. The highest BCUT2D eigenvalue weighted by molar-refractivity contribution is 7.18. The lowest BCUT2D eigenvalue weighted by molar-refractivity contribution is 0.188. The first-order chi connectivity index (χ1) is 13.7. The largest absolute Gasteiger partial charge is 0.395 e. The number of hydrogen-bond donors (Lipinski definition) is 1. The minimum atomic E-state index is -0.115. The van der Waals surface area contributed by atoms with Gasteiger partial charge in [0.05, 0.1) is 12.0 Å². The molecular formula is C20H21N5O2S. The lowest BCUT2D eigenvalue weighted by Crippen LogP contribution is -2.47. The Kier molecular flexibility index (Phi) is 4.26. The van der Waals surface area contributed by atoms with Gasteiger partial charge in [-0.2, -0.15) is 4.52 Å². The zero-order valence-corrected chi connectivity index (χ0v) is 16.4. The van der Waals surface area contributed by atoms with E-state index in [1.54, 1.807) is 0 Å². The number of rotatable bonds is 3. The van der Waals surface area contributed by atoms with Crippen molar-refractivity contribution in [1.29, 1.82) is 0 Å². The zero-order chi connectivity index (χ0) is 19.3. The monoisotopic (exact) mass is 395 g/mol. The van der Waals surface area contributed by atoms with Gasteiger partial charge in [-0.25, -0.2) is 4.98 Å². The van der Waals surface area contributed by atoms with Gasteiger partial charge in [-0.3, -0.25) is 9.69 Å². The van der Waals surface area contributed by atoms with Crippen LogP contribution in [0.5, 0.6) is 0 Å². The first kappa shape index (κ1) is 17.5. The standard InChI is InChI=1S/C20H21N5O2S/c1-13-12-16-19(28-13)21-17-14-4-2-3-5-15(14)18(22-25(17)20(16)27)24-8-6-23(7-9-24)10-11-26/h2-5,12,26H,6-11H2,1H3. The molecule has 0 spiro atoms. The number of anilines is 1. The summed E-state index contributed by atoms with van der Waals surface area (Å²) in [5.41, 5.74) is 0.493. The van der Waals surface area contributed by atoms with E-state index in [0.29, 0.717) is 17.6 Å². The van der Waals surface area contributed by atoms with Crippen molar-refractivity contribution in [3.05, 3.63) is 45.6 Å². The lowest BCUT2D eigenvalue weighted by atomic mass is 10.1. The van der Waals surface area contributed by atoms with Crippen LogP contribution in [0.25, 0.3) is 26.6 Å². The Balaban J connectivity index is 1.72. The zero-order valence-electron chi connectivity index (χ0n) is 15.6. The molecule has 8 heteroatoms. The molecule has 4 aromatic rings. The molecule has 0 radical (unpaired) electrons. The van der Waals surface area contributed by atoms with Gasteiger partial charge in [0.15, 0.2) is 11.5 Å². The molecule has 0 amide bonds. The number of nitrogens with zero attached hydrogens (tertiary/aromatic N) is 5. The van der Waals surface area contributed by atoms with Crippen LogP contribution in [0.3, 0.4) is 0 Å². The summed E-state index contributed by atoms with van der Waals surface area (Å²) < 4.78 is 1.46. The van der Waals surface area contributed by atoms with Crippen molar-refractivity contribution in [2.45, 2.75) is 6.92 Å². The summed E-state index contributed by atoms with van der Waals surface area (Å²) in [5.74, 6) is 0.821. The fraction of sp³-hybridized carbons (Fsp3) is 0.350. The molecule has 144 valence electrons. The first-order valence-electron chi connectivity index (χ1n) is 9.46. The number of fused-ring (bicyclic) bond motifs is 4. The van der Waals surface area contributed by atoms with E-state index in [1.807, 2.05) is 37.3 Å². The van der Waals surface area contributed by atoms with E-state index in [9.17, 15) is 4.79 Å². The number of β-amino-alcohol motifs (C(OH)–C–C–N with tert-alkyl or cyclic N) is 1. The van der Waals surface area contributed by atoms with Crippen molar-refractivity contribution in [3.63, 3.8) is 0 Å². The van der Waals surface area contributed by atoms with Crippen LogP contribution in [-0.2, 0) is 0 Å². The van der Waals surface area contributed by atoms with Crippen LogP contribution >= 0.6 is 11.3 Å². The molecule has 1 saturated heterocycles. The predicted octanol–water partition coefficient (Wildman–Crippen LogP) is 1.88. The molecule has 1 N–H and O–H groups in total. The molecule has 0 aliphatic carbocycles. The van der Waals surface area contributed by atoms with E-state index in [1.165, 1.54) is 15.9 Å². The average molecular weight is 395 g/mol. The van der Waals surface area contributed by atoms with Gasteiger partial charge >= 0.3 is 0 Å². The summed E-state index contributed by atoms with van der Waals surface area (Å²) in [6.07, 6.45) is 0. The van der Waals surface area contributed by atoms with Crippen LogP contribution in [0.4, 0.5) is 5.82 Å². The molecule has 3 aromatic heterocycles. The number of benzene rings is 1. The molecule has 7 nitrogen and oxygen atoms in total. The van der Waals surface area contributed by atoms with Gasteiger partial charge in [-0.1, -0.05) is 24.3 Å². The van der Waals surface area contributed by atoms with Crippen molar-refractivity contribution in [2.75, 3.05) is 44.2 Å². The van der Waals surface area contributed by atoms with Gasteiger partial charge in [0.2, 0.25) is 0 Å². The minimum Gasteiger partial charge on any atom is -0.395 e. The molecule has 0 bridgehead atoms. The SMILES string of the molecule is Cc1cc2c(=O)n3nc(N4CCN(CCO)CC4)c4ccccc4c3nc2s1. The van der Waals surface area contributed by atoms with E-state index < -0.39 is 0 Å². The topological polar surface area (TPSA) is 74.0 Å². The molecule has 4 heterocycles. The molecule has 1 aliphatic rings. The Morgan fingerprint density at radius 2 is 1.86 bits per heavy atom. The Labute approximate surface area is 165 Å². The molecular weight excluding hydrogens is 374 g/mol. The lowest BCUT2D eigenvalue weighted by Gasteiger charge is -2.35. The number of piperazine rings is 1. The van der Waals surface area contributed by atoms with Crippen molar-refractivity contribution < 1.29 is 5.11 Å². The van der Waals surface area contributed by atoms with Gasteiger partial charge in [0, 0.05) is 48.4 Å². The van der Waals surface area contributed by atoms with E-state index >= 15 is 0 Å². The van der Waals surface area contributed by atoms with Gasteiger partial charge in [-0.15, -0.1) is 16.4 Å². The van der Waals surface area contributed by atoms with Crippen LogP contribution in [0.2, 0.25) is 0 Å². The quantitative estimate of drug-likeness (QED) is 0.534. The molecule has 1 fully saturated rings. The third kappa shape index (κ3) is 2.76. The normalized spacial score (nSPS) is 15.9. The maximum Gasteiger partial charge on any atom is 0.283 e. The second-order valence-corrected chi connectivity index (χ2v) is 8.38. The fourth-order valence-corrected chi connectivity index (χ4v) is 4.81. The average Bonchev–Trinajstić information content (AvgIpc) is 3.09. The summed E-state index contributed by atoms with van der Waals surface area (Å²) >= 11 is 1.54. The number of hydrogen-bond acceptors (Lipinski definition) is 7. The number of aromatic nitrogens is 3. The highest BCUT2D eigenvalue weighted by Gasteiger charge is 2.22. The van der Waals surface area contributed by atoms with E-state index in [2.05, 4.69) is 9.80 Å². The third-order valence-corrected chi connectivity index (χ3v) is 6.30. The van der Waals surface area contributed by atoms with Gasteiger partial charge in [0.1, 0.15) is 4.83 Å². The number of aliphatic hydroxyl groups is 1. The molecule has 0 atom stereocenters. The molecule has 0 saturated carbocycles. The maximum atomic E-state index is 13.1. The highest BCUT2D eigenvalue weighted by atomic mass is 32.1. The Hall–Kier alpha value is -2.55. The van der Waals surface area contributed by atoms with Crippen LogP contribution in [0.15, 0.2) is 35.1 Å². The number of aliphatic hydroxyl groups excluding tert-OH is 1. The van der Waals surface area contributed by atoms with Crippen LogP contribution in [0.1, 0.15) is 4.88 Å². The molecule has 5 rings (SSSR count). The van der Waals surface area contributed by atoms with Crippen molar-refractivity contribution in [3.8, 4) is 0 Å². The highest BCUT2D eigenvalue weighted by Crippen LogP contribution is 2.29. The summed E-state index contributed by atoms with van der Waals surface area (Å²) in [5, 5.41) is 16.5. The maximum absolute atomic E-state index is 13.1. The molecule has 28 heavy (non-hydrogen) atoms. The fourth-order valence-electron chi connectivity index (χ4n) is 3.94. The first-order valence-corrected chi connectivity index (χ1v) is 10.3. The Morgan fingerprint density at radius 1 is 1.11 bits per heavy atom. The summed E-state index contributed by atoms with van der Waals surface area (Å²) in [6, 6.07) is 9.93. The van der Waals surface area contributed by atoms with Gasteiger partial charge in [0.25, 0.3) is 5.56 Å². The molecule has 1 aromatic carbocycles. The summed E-state index contributed by atoms with van der Waals surface area (Å²) in [6.45, 7) is 6.21. The summed E-state index contributed by atoms with van der Waals surface area (Å²) in [4.78, 5) is 24.2. The molecule has 1 aliphatic heterocycles. The Bertz CT molecular complexity index is 1240. The van der Waals surface area contributed by atoms with Crippen molar-refractivity contribution in [2.24, 2.45) is 0 Å². The van der Waals surface area contributed by atoms with Gasteiger partial charge < -0.3 is 10.0 Å². The van der Waals surface area contributed by atoms with Crippen LogP contribution < -0.4 is 10.5 Å². The minimum absolute atomic E-state index is 0.115. The Morgan fingerprint density at radius 3 is 2.61 bits per heavy atom. The number of thiophene rings is 1. The second-order valence-electron chi connectivity index (χ2n) is 7.15. The van der Waals surface area contributed by atoms with Gasteiger partial charge in [-0.05, 0) is 13.0 Å². The number of aryl methyl sites for hydroxylation is 1. The van der Waals surface area contributed by atoms with E-state index in [4.69, 9.17) is 15.2 Å². The predicted molar refractivity (Wildman–Crippen MR) is 113 cm³/mol. The van der Waals surface area contributed by atoms with Crippen LogP contribution in [-0.4, -0.2) is 63.9 Å². The van der Waals surface area contributed by atoms with Crippen LogP contribution in [0, 0.1) is 6.92 Å². The third-order valence-electron chi connectivity index (χ3n) is 5.36. The van der Waals surface area contributed by atoms with E-state index in [0.717, 1.165) is 52.5 Å². The second kappa shape index (κ2) is 6.80. The summed E-state index contributed by atoms with van der Waals surface area (Å²) in [7, 11) is 0. The van der Waals surface area contributed by atoms with E-state index in [-0.39, 0.29) is 12.2 Å². The van der Waals surface area contributed by atoms with Crippen molar-refractivity contribution in [1.82, 2.24) is 19.5 Å². The van der Waals surface area contributed by atoms with Crippen molar-refractivity contribution >= 4 is 43.8 Å². The molecule has 0 unspecified atom stereocenters.